The van der Waals surface area contributed by atoms with Crippen LogP contribution in [0.5, 0.6) is 0 Å². The molecular weight excluding hydrogens is 252 g/mol. The van der Waals surface area contributed by atoms with Gasteiger partial charge in [-0.05, 0) is 30.7 Å². The van der Waals surface area contributed by atoms with Crippen LogP contribution in [0.1, 0.15) is 16.9 Å². The summed E-state index contributed by atoms with van der Waals surface area (Å²) in [4.78, 5) is 11.9. The molecule has 1 aromatic carbocycles. The molecule has 20 heavy (non-hydrogen) atoms. The number of carbonyl (C=O) groups excluding carboxylic acids is 1. The van der Waals surface area contributed by atoms with Gasteiger partial charge >= 0.3 is 0 Å². The quantitative estimate of drug-likeness (QED) is 0.683. The number of nitrogens with zero attached hydrogens (tertiary/aromatic N) is 1. The van der Waals surface area contributed by atoms with Gasteiger partial charge in [0.05, 0.1) is 12.8 Å². The first-order valence-electron chi connectivity index (χ1n) is 6.18. The minimum atomic E-state index is -0.413. The van der Waals surface area contributed by atoms with Gasteiger partial charge in [-0.3, -0.25) is 4.79 Å². The fourth-order valence-electron chi connectivity index (χ4n) is 1.65. The molecule has 1 aromatic heterocycles. The van der Waals surface area contributed by atoms with Gasteiger partial charge in [0.1, 0.15) is 17.4 Å². The SMILES string of the molecule is Cc1ccc(C=C(C#N)C(=O)NCc2ccco2)cc1. The van der Waals surface area contributed by atoms with Crippen molar-refractivity contribution in [3.63, 3.8) is 0 Å². The van der Waals surface area contributed by atoms with E-state index in [0.717, 1.165) is 11.1 Å². The van der Waals surface area contributed by atoms with E-state index in [0.29, 0.717) is 5.76 Å². The molecule has 0 unspecified atom stereocenters. The van der Waals surface area contributed by atoms with Crippen LogP contribution >= 0.6 is 0 Å². The van der Waals surface area contributed by atoms with Gasteiger partial charge in [0.2, 0.25) is 0 Å². The normalized spacial score (nSPS) is 10.9. The lowest BCUT2D eigenvalue weighted by molar-refractivity contribution is -0.117. The average molecular weight is 266 g/mol. The van der Waals surface area contributed by atoms with E-state index in [9.17, 15) is 4.79 Å². The van der Waals surface area contributed by atoms with Crippen molar-refractivity contribution in [2.45, 2.75) is 13.5 Å². The van der Waals surface area contributed by atoms with Crippen molar-refractivity contribution in [2.24, 2.45) is 0 Å². The van der Waals surface area contributed by atoms with E-state index >= 15 is 0 Å². The molecule has 0 fully saturated rings. The fourth-order valence-corrected chi connectivity index (χ4v) is 1.65. The number of nitrogens with one attached hydrogen (secondary N) is 1. The van der Waals surface area contributed by atoms with E-state index < -0.39 is 5.91 Å². The molecule has 0 saturated heterocycles. The van der Waals surface area contributed by atoms with Gasteiger partial charge in [-0.2, -0.15) is 5.26 Å². The number of rotatable bonds is 4. The first-order valence-corrected chi connectivity index (χ1v) is 6.18. The van der Waals surface area contributed by atoms with Crippen LogP contribution in [0.3, 0.4) is 0 Å². The van der Waals surface area contributed by atoms with E-state index in [1.807, 2.05) is 37.3 Å². The molecule has 100 valence electrons. The van der Waals surface area contributed by atoms with Crippen LogP contribution in [-0.2, 0) is 11.3 Å². The van der Waals surface area contributed by atoms with Crippen LogP contribution in [0.4, 0.5) is 0 Å². The second-order valence-electron chi connectivity index (χ2n) is 4.34. The van der Waals surface area contributed by atoms with Gasteiger partial charge in [0, 0.05) is 0 Å². The number of nitriles is 1. The predicted molar refractivity (Wildman–Crippen MR) is 75.3 cm³/mol. The molecule has 1 amide bonds. The predicted octanol–water partition coefficient (Wildman–Crippen LogP) is 2.81. The van der Waals surface area contributed by atoms with Gasteiger partial charge in [-0.1, -0.05) is 29.8 Å². The maximum atomic E-state index is 11.9. The number of hydrogen-bond donors (Lipinski definition) is 1. The topological polar surface area (TPSA) is 66.0 Å². The van der Waals surface area contributed by atoms with E-state index in [1.165, 1.54) is 6.26 Å². The summed E-state index contributed by atoms with van der Waals surface area (Å²) in [6, 6.07) is 13.0. The van der Waals surface area contributed by atoms with E-state index in [4.69, 9.17) is 9.68 Å². The lowest BCUT2D eigenvalue weighted by Crippen LogP contribution is -2.23. The number of benzene rings is 1. The molecule has 0 aliphatic rings. The Morgan fingerprint density at radius 1 is 1.35 bits per heavy atom. The molecule has 2 rings (SSSR count). The largest absolute Gasteiger partial charge is 0.467 e. The first-order chi connectivity index (χ1) is 9.69. The summed E-state index contributed by atoms with van der Waals surface area (Å²) < 4.78 is 5.11. The monoisotopic (exact) mass is 266 g/mol. The lowest BCUT2D eigenvalue weighted by Gasteiger charge is -2.02. The Balaban J connectivity index is 2.05. The number of hydrogen-bond acceptors (Lipinski definition) is 3. The highest BCUT2D eigenvalue weighted by Crippen LogP contribution is 2.09. The lowest BCUT2D eigenvalue weighted by atomic mass is 10.1. The molecule has 4 nitrogen and oxygen atoms in total. The molecule has 0 radical (unpaired) electrons. The van der Waals surface area contributed by atoms with Gasteiger partial charge in [0.25, 0.3) is 5.91 Å². The van der Waals surface area contributed by atoms with Crippen molar-refractivity contribution in [3.05, 3.63) is 65.1 Å². The van der Waals surface area contributed by atoms with Crippen LogP contribution in [-0.4, -0.2) is 5.91 Å². The van der Waals surface area contributed by atoms with Crippen LogP contribution in [0.2, 0.25) is 0 Å². The Morgan fingerprint density at radius 3 is 2.70 bits per heavy atom. The molecule has 2 aromatic rings. The molecule has 1 N–H and O–H groups in total. The standard InChI is InChI=1S/C16H14N2O2/c1-12-4-6-13(7-5-12)9-14(10-17)16(19)18-11-15-3-2-8-20-15/h2-9H,11H2,1H3,(H,18,19). The second kappa shape index (κ2) is 6.39. The molecule has 0 bridgehead atoms. The third-order valence-corrected chi connectivity index (χ3v) is 2.76. The van der Waals surface area contributed by atoms with Crippen molar-refractivity contribution in [3.8, 4) is 6.07 Å². The summed E-state index contributed by atoms with van der Waals surface area (Å²) >= 11 is 0. The molecule has 0 aliphatic carbocycles. The van der Waals surface area contributed by atoms with Crippen LogP contribution < -0.4 is 5.32 Å². The van der Waals surface area contributed by atoms with Crippen LogP contribution in [0, 0.1) is 18.3 Å². The van der Waals surface area contributed by atoms with E-state index in [1.54, 1.807) is 18.2 Å². The van der Waals surface area contributed by atoms with E-state index in [2.05, 4.69) is 5.32 Å². The van der Waals surface area contributed by atoms with Gasteiger partial charge < -0.3 is 9.73 Å². The third kappa shape index (κ3) is 3.59. The third-order valence-electron chi connectivity index (χ3n) is 2.76. The fraction of sp³-hybridized carbons (Fsp3) is 0.125. The minimum Gasteiger partial charge on any atom is -0.467 e. The summed E-state index contributed by atoms with van der Waals surface area (Å²) in [5.74, 6) is 0.232. The summed E-state index contributed by atoms with van der Waals surface area (Å²) in [6.45, 7) is 2.24. The molecule has 0 saturated carbocycles. The number of carbonyl (C=O) groups is 1. The average Bonchev–Trinajstić information content (AvgIpc) is 2.97. The zero-order valence-corrected chi connectivity index (χ0v) is 11.1. The summed E-state index contributed by atoms with van der Waals surface area (Å²) in [5.41, 5.74) is 2.02. The maximum Gasteiger partial charge on any atom is 0.262 e. The van der Waals surface area contributed by atoms with Gasteiger partial charge in [0.15, 0.2) is 0 Å². The second-order valence-corrected chi connectivity index (χ2v) is 4.34. The van der Waals surface area contributed by atoms with Crippen molar-refractivity contribution < 1.29 is 9.21 Å². The Morgan fingerprint density at radius 2 is 2.10 bits per heavy atom. The molecule has 4 heteroatoms. The number of furan rings is 1. The van der Waals surface area contributed by atoms with Crippen molar-refractivity contribution in [2.75, 3.05) is 0 Å². The van der Waals surface area contributed by atoms with Crippen LogP contribution in [0.25, 0.3) is 6.08 Å². The molecule has 0 atom stereocenters. The summed E-state index contributed by atoms with van der Waals surface area (Å²) in [5, 5.41) is 11.7. The highest BCUT2D eigenvalue weighted by molar-refractivity contribution is 6.01. The zero-order chi connectivity index (χ0) is 14.4. The molecule has 0 aliphatic heterocycles. The van der Waals surface area contributed by atoms with Crippen molar-refractivity contribution in [1.82, 2.24) is 5.32 Å². The summed E-state index contributed by atoms with van der Waals surface area (Å²) in [7, 11) is 0. The van der Waals surface area contributed by atoms with E-state index in [-0.39, 0.29) is 12.1 Å². The Kier molecular flexibility index (Phi) is 4.35. The Labute approximate surface area is 117 Å². The minimum absolute atomic E-state index is 0.0698. The highest BCUT2D eigenvalue weighted by atomic mass is 16.3. The molecule has 0 spiro atoms. The van der Waals surface area contributed by atoms with Crippen molar-refractivity contribution in [1.29, 1.82) is 5.26 Å². The summed E-state index contributed by atoms with van der Waals surface area (Å²) in [6.07, 6.45) is 3.10. The zero-order valence-electron chi connectivity index (χ0n) is 11.1. The number of aryl methyl sites for hydroxylation is 1. The van der Waals surface area contributed by atoms with Crippen LogP contribution in [0.15, 0.2) is 52.7 Å². The van der Waals surface area contributed by atoms with Crippen molar-refractivity contribution >= 4 is 12.0 Å². The molecule has 1 heterocycles. The van der Waals surface area contributed by atoms with Gasteiger partial charge in [-0.25, -0.2) is 0 Å². The highest BCUT2D eigenvalue weighted by Gasteiger charge is 2.09. The first kappa shape index (κ1) is 13.6. The number of amides is 1. The Bertz CT molecular complexity index is 647. The molecular formula is C16H14N2O2. The smallest absolute Gasteiger partial charge is 0.262 e. The Hall–Kier alpha value is -2.80. The van der Waals surface area contributed by atoms with Gasteiger partial charge in [-0.15, -0.1) is 0 Å². The maximum absolute atomic E-state index is 11.9.